The average molecular weight is 234 g/mol. The fourth-order valence-electron chi connectivity index (χ4n) is 2.26. The molecule has 17 heavy (non-hydrogen) atoms. The highest BCUT2D eigenvalue weighted by molar-refractivity contribution is 5.48. The van der Waals surface area contributed by atoms with Crippen molar-refractivity contribution in [3.63, 3.8) is 0 Å². The van der Waals surface area contributed by atoms with Crippen LogP contribution < -0.4 is 4.90 Å². The van der Waals surface area contributed by atoms with Crippen LogP contribution in [0.4, 0.5) is 11.5 Å². The van der Waals surface area contributed by atoms with Crippen LogP contribution in [0.3, 0.4) is 0 Å². The Morgan fingerprint density at radius 3 is 2.53 bits per heavy atom. The minimum absolute atomic E-state index is 0.247. The van der Waals surface area contributed by atoms with E-state index in [1.54, 1.807) is 12.3 Å². The van der Waals surface area contributed by atoms with Gasteiger partial charge in [0.05, 0.1) is 11.9 Å². The molecule has 1 aromatic heterocycles. The minimum Gasteiger partial charge on any atom is -0.370 e. The number of rotatable bonds is 3. The number of aromatic nitrogens is 1. The monoisotopic (exact) mass is 234 g/mol. The van der Waals surface area contributed by atoms with Crippen molar-refractivity contribution in [2.24, 2.45) is 5.18 Å². The highest BCUT2D eigenvalue weighted by atomic mass is 16.3. The van der Waals surface area contributed by atoms with Crippen molar-refractivity contribution in [1.82, 2.24) is 9.88 Å². The number of anilines is 1. The Morgan fingerprint density at radius 1 is 1.35 bits per heavy atom. The molecule has 2 rings (SSSR count). The maximum absolute atomic E-state index is 10.3. The molecule has 0 amide bonds. The van der Waals surface area contributed by atoms with E-state index in [1.165, 1.54) is 12.8 Å². The molecular weight excluding hydrogens is 216 g/mol. The predicted octanol–water partition coefficient (Wildman–Crippen LogP) is 2.01. The molecule has 5 nitrogen and oxygen atoms in total. The average Bonchev–Trinajstić information content (AvgIpc) is 2.39. The van der Waals surface area contributed by atoms with Crippen molar-refractivity contribution in [2.75, 3.05) is 32.1 Å². The van der Waals surface area contributed by atoms with Gasteiger partial charge in [-0.25, -0.2) is 4.98 Å². The molecule has 0 atom stereocenters. The van der Waals surface area contributed by atoms with E-state index in [1.807, 2.05) is 6.07 Å². The van der Waals surface area contributed by atoms with Crippen LogP contribution in [-0.2, 0) is 0 Å². The molecule has 0 saturated carbocycles. The molecule has 5 heteroatoms. The number of piperidine rings is 1. The van der Waals surface area contributed by atoms with Gasteiger partial charge in [0.25, 0.3) is 0 Å². The lowest BCUT2D eigenvalue weighted by molar-refractivity contribution is 0.249. The first-order valence-electron chi connectivity index (χ1n) is 5.91. The summed E-state index contributed by atoms with van der Waals surface area (Å²) in [5, 5.41) is 2.81. The van der Waals surface area contributed by atoms with Gasteiger partial charge in [-0.2, -0.15) is 0 Å². The molecule has 1 saturated heterocycles. The molecule has 1 aliphatic heterocycles. The highest BCUT2D eigenvalue weighted by Crippen LogP contribution is 2.22. The summed E-state index contributed by atoms with van der Waals surface area (Å²) in [7, 11) is 4.26. The Hall–Kier alpha value is -1.49. The number of nitroso groups, excluding NO2 is 1. The van der Waals surface area contributed by atoms with Crippen LogP contribution in [0.25, 0.3) is 0 Å². The first-order chi connectivity index (χ1) is 8.20. The topological polar surface area (TPSA) is 48.8 Å². The Balaban J connectivity index is 1.97. The van der Waals surface area contributed by atoms with Crippen LogP contribution >= 0.6 is 0 Å². The largest absolute Gasteiger partial charge is 0.370 e. The van der Waals surface area contributed by atoms with Crippen LogP contribution in [-0.4, -0.2) is 43.1 Å². The molecule has 0 unspecified atom stereocenters. The second-order valence-corrected chi connectivity index (χ2v) is 4.65. The van der Waals surface area contributed by atoms with Crippen LogP contribution in [0, 0.1) is 4.91 Å². The summed E-state index contributed by atoms with van der Waals surface area (Å²) in [6, 6.07) is 4.26. The van der Waals surface area contributed by atoms with Crippen LogP contribution in [0.15, 0.2) is 23.5 Å². The van der Waals surface area contributed by atoms with E-state index < -0.39 is 0 Å². The fourth-order valence-corrected chi connectivity index (χ4v) is 2.26. The summed E-state index contributed by atoms with van der Waals surface area (Å²) in [4.78, 5) is 18.9. The number of pyridine rings is 1. The first-order valence-corrected chi connectivity index (χ1v) is 5.91. The SMILES string of the molecule is CN(C)C1CCN(c2ccc(N=O)nc2)CC1. The lowest BCUT2D eigenvalue weighted by atomic mass is 10.0. The zero-order valence-electron chi connectivity index (χ0n) is 10.3. The lowest BCUT2D eigenvalue weighted by Crippen LogP contribution is -2.41. The van der Waals surface area contributed by atoms with Crippen molar-refractivity contribution >= 4 is 11.5 Å². The highest BCUT2D eigenvalue weighted by Gasteiger charge is 2.20. The van der Waals surface area contributed by atoms with Gasteiger partial charge in [-0.05, 0) is 44.2 Å². The second kappa shape index (κ2) is 5.23. The molecule has 0 aliphatic carbocycles. The van der Waals surface area contributed by atoms with Crippen molar-refractivity contribution < 1.29 is 0 Å². The summed E-state index contributed by atoms with van der Waals surface area (Å²) in [5.41, 5.74) is 1.08. The number of nitrogens with zero attached hydrogens (tertiary/aromatic N) is 4. The normalized spacial score (nSPS) is 17.5. The molecule has 2 heterocycles. The number of hydrogen-bond acceptors (Lipinski definition) is 5. The third-order valence-electron chi connectivity index (χ3n) is 3.39. The fraction of sp³-hybridized carbons (Fsp3) is 0.583. The zero-order chi connectivity index (χ0) is 12.3. The smallest absolute Gasteiger partial charge is 0.196 e. The Bertz CT molecular complexity index is 369. The van der Waals surface area contributed by atoms with E-state index in [-0.39, 0.29) is 5.82 Å². The summed E-state index contributed by atoms with van der Waals surface area (Å²) in [6.07, 6.45) is 4.06. The molecule has 0 N–H and O–H groups in total. The molecule has 1 aliphatic rings. The third-order valence-corrected chi connectivity index (χ3v) is 3.39. The molecule has 0 bridgehead atoms. The van der Waals surface area contributed by atoms with Gasteiger partial charge in [0, 0.05) is 19.1 Å². The lowest BCUT2D eigenvalue weighted by Gasteiger charge is -2.36. The van der Waals surface area contributed by atoms with E-state index in [9.17, 15) is 4.91 Å². The summed E-state index contributed by atoms with van der Waals surface area (Å²) < 4.78 is 0. The molecular formula is C12H18N4O. The van der Waals surface area contributed by atoms with Gasteiger partial charge in [-0.1, -0.05) is 0 Å². The van der Waals surface area contributed by atoms with Gasteiger partial charge in [-0.15, -0.1) is 4.91 Å². The van der Waals surface area contributed by atoms with Gasteiger partial charge in [0.15, 0.2) is 5.82 Å². The quantitative estimate of drug-likeness (QED) is 0.751. The van der Waals surface area contributed by atoms with Crippen molar-refractivity contribution in [3.8, 4) is 0 Å². The number of hydrogen-bond donors (Lipinski definition) is 0. The predicted molar refractivity (Wildman–Crippen MR) is 68.6 cm³/mol. The van der Waals surface area contributed by atoms with E-state index >= 15 is 0 Å². The van der Waals surface area contributed by atoms with E-state index in [2.05, 4.69) is 34.1 Å². The maximum Gasteiger partial charge on any atom is 0.196 e. The van der Waals surface area contributed by atoms with Crippen LogP contribution in [0.1, 0.15) is 12.8 Å². The first kappa shape index (κ1) is 12.0. The van der Waals surface area contributed by atoms with Crippen LogP contribution in [0.2, 0.25) is 0 Å². The summed E-state index contributed by atoms with van der Waals surface area (Å²) in [6.45, 7) is 2.08. The molecule has 92 valence electrons. The van der Waals surface area contributed by atoms with Crippen molar-refractivity contribution in [1.29, 1.82) is 0 Å². The second-order valence-electron chi connectivity index (χ2n) is 4.65. The maximum atomic E-state index is 10.3. The van der Waals surface area contributed by atoms with E-state index in [4.69, 9.17) is 0 Å². The third kappa shape index (κ3) is 2.79. The van der Waals surface area contributed by atoms with Crippen LogP contribution in [0.5, 0.6) is 0 Å². The van der Waals surface area contributed by atoms with Gasteiger partial charge in [0.2, 0.25) is 0 Å². The molecule has 1 aromatic rings. The standard InChI is InChI=1S/C12H18N4O/c1-15(2)10-5-7-16(8-6-10)11-3-4-12(14-17)13-9-11/h3-4,9-10H,5-8H2,1-2H3. The Kier molecular flexibility index (Phi) is 3.68. The van der Waals surface area contributed by atoms with Crippen molar-refractivity contribution in [2.45, 2.75) is 18.9 Å². The minimum atomic E-state index is 0.247. The molecule has 0 aromatic carbocycles. The van der Waals surface area contributed by atoms with Gasteiger partial charge in [-0.3, -0.25) is 0 Å². The Morgan fingerprint density at radius 2 is 2.06 bits per heavy atom. The summed E-state index contributed by atoms with van der Waals surface area (Å²) in [5.74, 6) is 0.247. The zero-order valence-corrected chi connectivity index (χ0v) is 10.3. The van der Waals surface area contributed by atoms with Gasteiger partial charge in [0.1, 0.15) is 0 Å². The van der Waals surface area contributed by atoms with Gasteiger partial charge < -0.3 is 9.80 Å². The van der Waals surface area contributed by atoms with Gasteiger partial charge >= 0.3 is 0 Å². The van der Waals surface area contributed by atoms with Crippen molar-refractivity contribution in [3.05, 3.63) is 23.2 Å². The van der Waals surface area contributed by atoms with E-state index in [0.717, 1.165) is 18.8 Å². The summed E-state index contributed by atoms with van der Waals surface area (Å²) >= 11 is 0. The van der Waals surface area contributed by atoms with E-state index in [0.29, 0.717) is 6.04 Å². The Labute approximate surface area is 101 Å². The molecule has 0 radical (unpaired) electrons. The molecule has 1 fully saturated rings. The molecule has 0 spiro atoms.